The summed E-state index contributed by atoms with van der Waals surface area (Å²) >= 11 is 5.83. The number of anilines is 1. The molecule has 0 saturated carbocycles. The molecule has 0 aliphatic carbocycles. The van der Waals surface area contributed by atoms with E-state index in [4.69, 9.17) is 20.9 Å². The monoisotopic (exact) mass is 351 g/mol. The number of aromatic nitrogens is 1. The average molecular weight is 352 g/mol. The SMILES string of the molecule is Cc1cc(NC(=O)[C@@H](C)N(C)CCCOc2ccc(Cl)cc2)no1. The molecule has 1 amide bonds. The molecule has 0 radical (unpaired) electrons. The van der Waals surface area contributed by atoms with Gasteiger partial charge in [-0.3, -0.25) is 9.69 Å². The van der Waals surface area contributed by atoms with Crippen molar-refractivity contribution in [3.8, 4) is 5.75 Å². The van der Waals surface area contributed by atoms with E-state index in [0.29, 0.717) is 23.2 Å². The zero-order valence-electron chi connectivity index (χ0n) is 14.1. The second-order valence-corrected chi connectivity index (χ2v) is 6.06. The first-order valence-corrected chi connectivity index (χ1v) is 8.16. The highest BCUT2D eigenvalue weighted by Crippen LogP contribution is 2.15. The number of hydrogen-bond donors (Lipinski definition) is 1. The van der Waals surface area contributed by atoms with Crippen molar-refractivity contribution in [3.63, 3.8) is 0 Å². The van der Waals surface area contributed by atoms with Gasteiger partial charge in [-0.05, 0) is 51.6 Å². The lowest BCUT2D eigenvalue weighted by Gasteiger charge is -2.23. The number of nitrogens with one attached hydrogen (secondary N) is 1. The average Bonchev–Trinajstić information content (AvgIpc) is 2.97. The molecule has 1 heterocycles. The number of nitrogens with zero attached hydrogens (tertiary/aromatic N) is 2. The van der Waals surface area contributed by atoms with Gasteiger partial charge in [0.25, 0.3) is 0 Å². The molecule has 0 fully saturated rings. The van der Waals surface area contributed by atoms with Crippen molar-refractivity contribution in [1.29, 1.82) is 0 Å². The highest BCUT2D eigenvalue weighted by atomic mass is 35.5. The van der Waals surface area contributed by atoms with E-state index in [-0.39, 0.29) is 11.9 Å². The van der Waals surface area contributed by atoms with Gasteiger partial charge in [0.15, 0.2) is 5.82 Å². The maximum absolute atomic E-state index is 12.2. The van der Waals surface area contributed by atoms with Crippen molar-refractivity contribution >= 4 is 23.3 Å². The Hall–Kier alpha value is -2.05. The van der Waals surface area contributed by atoms with Crippen molar-refractivity contribution in [2.45, 2.75) is 26.3 Å². The maximum Gasteiger partial charge on any atom is 0.242 e. The highest BCUT2D eigenvalue weighted by molar-refractivity contribution is 6.30. The fraction of sp³-hybridized carbons (Fsp3) is 0.412. The van der Waals surface area contributed by atoms with Crippen molar-refractivity contribution in [1.82, 2.24) is 10.1 Å². The largest absolute Gasteiger partial charge is 0.494 e. The molecule has 2 aromatic rings. The molecule has 0 aliphatic heterocycles. The van der Waals surface area contributed by atoms with Crippen LogP contribution in [0.4, 0.5) is 5.82 Å². The number of aryl methyl sites for hydroxylation is 1. The molecule has 24 heavy (non-hydrogen) atoms. The Morgan fingerprint density at radius 3 is 2.75 bits per heavy atom. The van der Waals surface area contributed by atoms with Gasteiger partial charge < -0.3 is 14.6 Å². The Morgan fingerprint density at radius 2 is 2.12 bits per heavy atom. The predicted molar refractivity (Wildman–Crippen MR) is 93.5 cm³/mol. The summed E-state index contributed by atoms with van der Waals surface area (Å²) in [7, 11) is 1.90. The van der Waals surface area contributed by atoms with E-state index >= 15 is 0 Å². The highest BCUT2D eigenvalue weighted by Gasteiger charge is 2.18. The topological polar surface area (TPSA) is 67.6 Å². The first kappa shape index (κ1) is 18.3. The van der Waals surface area contributed by atoms with Crippen LogP contribution in [0.3, 0.4) is 0 Å². The number of ether oxygens (including phenoxy) is 1. The van der Waals surface area contributed by atoms with Gasteiger partial charge in [-0.25, -0.2) is 0 Å². The molecule has 1 N–H and O–H groups in total. The summed E-state index contributed by atoms with van der Waals surface area (Å²) in [5, 5.41) is 7.18. The lowest BCUT2D eigenvalue weighted by molar-refractivity contribution is -0.120. The van der Waals surface area contributed by atoms with E-state index < -0.39 is 0 Å². The van der Waals surface area contributed by atoms with Crippen LogP contribution in [0.2, 0.25) is 5.02 Å². The number of carbonyl (C=O) groups excluding carboxylic acids is 1. The van der Waals surface area contributed by atoms with E-state index in [1.54, 1.807) is 25.1 Å². The molecular formula is C17H22ClN3O3. The Balaban J connectivity index is 1.69. The molecular weight excluding hydrogens is 330 g/mol. The summed E-state index contributed by atoms with van der Waals surface area (Å²) in [5.41, 5.74) is 0. The Morgan fingerprint density at radius 1 is 1.42 bits per heavy atom. The van der Waals surface area contributed by atoms with Crippen LogP contribution in [0.25, 0.3) is 0 Å². The fourth-order valence-electron chi connectivity index (χ4n) is 2.08. The van der Waals surface area contributed by atoms with Gasteiger partial charge >= 0.3 is 0 Å². The van der Waals surface area contributed by atoms with Gasteiger partial charge in [0.05, 0.1) is 12.6 Å². The van der Waals surface area contributed by atoms with Gasteiger partial charge in [-0.1, -0.05) is 16.8 Å². The standard InChI is InChI=1S/C17H22ClN3O3/c1-12-11-16(20-24-12)19-17(22)13(2)21(3)9-4-10-23-15-7-5-14(18)6-8-15/h5-8,11,13H,4,9-10H2,1-3H3,(H,19,20,22)/t13-/m1/s1. The third-order valence-electron chi connectivity index (χ3n) is 3.66. The zero-order valence-corrected chi connectivity index (χ0v) is 14.8. The Bertz CT molecular complexity index is 657. The minimum Gasteiger partial charge on any atom is -0.494 e. The minimum atomic E-state index is -0.280. The van der Waals surface area contributed by atoms with Gasteiger partial charge in [-0.15, -0.1) is 0 Å². The molecule has 0 aliphatic rings. The van der Waals surface area contributed by atoms with E-state index in [2.05, 4.69) is 10.5 Å². The lowest BCUT2D eigenvalue weighted by atomic mass is 10.2. The van der Waals surface area contributed by atoms with Crippen LogP contribution < -0.4 is 10.1 Å². The lowest BCUT2D eigenvalue weighted by Crippen LogP contribution is -2.40. The molecule has 0 saturated heterocycles. The summed E-state index contributed by atoms with van der Waals surface area (Å²) in [6, 6.07) is 8.66. The first-order chi connectivity index (χ1) is 11.5. The molecule has 1 aromatic heterocycles. The molecule has 0 spiro atoms. The van der Waals surface area contributed by atoms with Gasteiger partial charge in [0, 0.05) is 17.6 Å². The maximum atomic E-state index is 12.2. The van der Waals surface area contributed by atoms with E-state index in [9.17, 15) is 4.79 Å². The van der Waals surface area contributed by atoms with E-state index in [1.165, 1.54) is 0 Å². The van der Waals surface area contributed by atoms with E-state index in [1.807, 2.05) is 31.0 Å². The minimum absolute atomic E-state index is 0.121. The number of rotatable bonds is 8. The normalized spacial score (nSPS) is 12.2. The fourth-order valence-corrected chi connectivity index (χ4v) is 2.21. The van der Waals surface area contributed by atoms with Crippen molar-refractivity contribution in [2.75, 3.05) is 25.5 Å². The van der Waals surface area contributed by atoms with Crippen LogP contribution in [-0.4, -0.2) is 42.2 Å². The van der Waals surface area contributed by atoms with Crippen molar-refractivity contribution in [3.05, 3.63) is 41.1 Å². The van der Waals surface area contributed by atoms with Gasteiger partial charge in [-0.2, -0.15) is 0 Å². The van der Waals surface area contributed by atoms with Gasteiger partial charge in [0.1, 0.15) is 11.5 Å². The molecule has 1 aromatic carbocycles. The summed E-state index contributed by atoms with van der Waals surface area (Å²) in [5.74, 6) is 1.76. The van der Waals surface area contributed by atoms with Crippen LogP contribution in [0, 0.1) is 6.92 Å². The van der Waals surface area contributed by atoms with Crippen LogP contribution in [-0.2, 0) is 4.79 Å². The second kappa shape index (κ2) is 8.70. The first-order valence-electron chi connectivity index (χ1n) is 7.78. The third kappa shape index (κ3) is 5.54. The molecule has 0 bridgehead atoms. The summed E-state index contributed by atoms with van der Waals surface area (Å²) in [4.78, 5) is 14.1. The molecule has 7 heteroatoms. The molecule has 6 nitrogen and oxygen atoms in total. The second-order valence-electron chi connectivity index (χ2n) is 5.62. The van der Waals surface area contributed by atoms with Crippen molar-refractivity contribution in [2.24, 2.45) is 0 Å². The van der Waals surface area contributed by atoms with Crippen LogP contribution in [0.15, 0.2) is 34.9 Å². The molecule has 130 valence electrons. The quantitative estimate of drug-likeness (QED) is 0.738. The van der Waals surface area contributed by atoms with E-state index in [0.717, 1.165) is 18.7 Å². The predicted octanol–water partition coefficient (Wildman–Crippen LogP) is 3.36. The number of amides is 1. The Labute approximate surface area is 146 Å². The zero-order chi connectivity index (χ0) is 17.5. The Kier molecular flexibility index (Phi) is 6.63. The van der Waals surface area contributed by atoms with Crippen LogP contribution in [0.1, 0.15) is 19.1 Å². The number of likely N-dealkylation sites (N-methyl/N-ethyl adjacent to an activating group) is 1. The number of benzene rings is 1. The third-order valence-corrected chi connectivity index (χ3v) is 3.91. The van der Waals surface area contributed by atoms with Gasteiger partial charge in [0.2, 0.25) is 5.91 Å². The van der Waals surface area contributed by atoms with Crippen molar-refractivity contribution < 1.29 is 14.1 Å². The van der Waals surface area contributed by atoms with Crippen LogP contribution in [0.5, 0.6) is 5.75 Å². The molecule has 2 rings (SSSR count). The number of carbonyl (C=O) groups is 1. The number of hydrogen-bond acceptors (Lipinski definition) is 5. The summed E-state index contributed by atoms with van der Waals surface area (Å²) in [6.07, 6.45) is 0.805. The smallest absolute Gasteiger partial charge is 0.242 e. The number of halogens is 1. The molecule has 1 atom stereocenters. The van der Waals surface area contributed by atoms with Crippen LogP contribution >= 0.6 is 11.6 Å². The summed E-state index contributed by atoms with van der Waals surface area (Å²) in [6.45, 7) is 4.93. The summed E-state index contributed by atoms with van der Waals surface area (Å²) < 4.78 is 10.6. The molecule has 0 unspecified atom stereocenters.